The van der Waals surface area contributed by atoms with E-state index in [9.17, 15) is 4.79 Å². The molecule has 5 heteroatoms. The van der Waals surface area contributed by atoms with Crippen molar-refractivity contribution >= 4 is 23.5 Å². The largest absolute Gasteiger partial charge is 0.443 e. The summed E-state index contributed by atoms with van der Waals surface area (Å²) in [6, 6.07) is 3.69. The van der Waals surface area contributed by atoms with Crippen LogP contribution < -0.4 is 4.90 Å². The topological polar surface area (TPSA) is 42.4 Å². The molecule has 0 bridgehead atoms. The van der Waals surface area contributed by atoms with Crippen molar-refractivity contribution in [2.75, 3.05) is 17.8 Å². The molecule has 0 saturated heterocycles. The van der Waals surface area contributed by atoms with Crippen molar-refractivity contribution in [1.82, 2.24) is 4.98 Å². The molecule has 0 N–H and O–H groups in total. The van der Waals surface area contributed by atoms with Crippen molar-refractivity contribution in [1.29, 1.82) is 0 Å². The molecule has 0 aliphatic rings. The average Bonchev–Trinajstić information content (AvgIpc) is 2.27. The van der Waals surface area contributed by atoms with Crippen molar-refractivity contribution in [3.05, 3.63) is 23.9 Å². The third-order valence-electron chi connectivity index (χ3n) is 2.20. The Morgan fingerprint density at radius 1 is 1.44 bits per heavy atom. The second-order valence-electron chi connectivity index (χ2n) is 5.00. The zero-order valence-electron chi connectivity index (χ0n) is 11.2. The normalized spacial score (nSPS) is 11.2. The van der Waals surface area contributed by atoms with Crippen molar-refractivity contribution in [2.24, 2.45) is 0 Å². The molecule has 1 heterocycles. The van der Waals surface area contributed by atoms with Gasteiger partial charge in [-0.2, -0.15) is 0 Å². The summed E-state index contributed by atoms with van der Waals surface area (Å²) >= 11 is 5.65. The molecule has 4 nitrogen and oxygen atoms in total. The fraction of sp³-hybridized carbons (Fsp3) is 0.538. The summed E-state index contributed by atoms with van der Waals surface area (Å²) in [5, 5.41) is 0. The van der Waals surface area contributed by atoms with Crippen LogP contribution in [-0.2, 0) is 11.2 Å². The standard InChI is InChI=1S/C13H19ClN2O2/c1-13(2,3)18-12(17)16(4)11-6-5-10(7-8-14)9-15-11/h5-6,9H,7-8H2,1-4H3. The molecule has 0 fully saturated rings. The van der Waals surface area contributed by atoms with Crippen LogP contribution >= 0.6 is 11.6 Å². The fourth-order valence-corrected chi connectivity index (χ4v) is 1.51. The molecule has 100 valence electrons. The predicted molar refractivity (Wildman–Crippen MR) is 73.3 cm³/mol. The maximum Gasteiger partial charge on any atom is 0.415 e. The molecule has 0 radical (unpaired) electrons. The molecule has 1 rings (SSSR count). The van der Waals surface area contributed by atoms with E-state index in [1.54, 1.807) is 19.3 Å². The number of carbonyl (C=O) groups excluding carboxylic acids is 1. The molecular weight excluding hydrogens is 252 g/mol. The molecule has 0 spiro atoms. The number of nitrogens with zero attached hydrogens (tertiary/aromatic N) is 2. The first-order valence-electron chi connectivity index (χ1n) is 5.81. The molecular formula is C13H19ClN2O2. The molecule has 0 aromatic carbocycles. The Hall–Kier alpha value is -1.29. The average molecular weight is 271 g/mol. The Morgan fingerprint density at radius 3 is 2.56 bits per heavy atom. The second-order valence-corrected chi connectivity index (χ2v) is 5.38. The molecule has 0 aliphatic heterocycles. The van der Waals surface area contributed by atoms with Gasteiger partial charge in [0.1, 0.15) is 11.4 Å². The van der Waals surface area contributed by atoms with Gasteiger partial charge in [0.15, 0.2) is 0 Å². The SMILES string of the molecule is CN(C(=O)OC(C)(C)C)c1ccc(CCCl)cn1. The summed E-state index contributed by atoms with van der Waals surface area (Å²) in [5.74, 6) is 1.12. The van der Waals surface area contributed by atoms with Crippen LogP contribution in [0.2, 0.25) is 0 Å². The number of rotatable bonds is 3. The van der Waals surface area contributed by atoms with Crippen LogP contribution in [0.4, 0.5) is 10.6 Å². The zero-order valence-corrected chi connectivity index (χ0v) is 12.0. The Kier molecular flexibility index (Phi) is 4.96. The number of pyridine rings is 1. The first-order chi connectivity index (χ1) is 8.33. The van der Waals surface area contributed by atoms with Gasteiger partial charge in [0.05, 0.1) is 0 Å². The van der Waals surface area contributed by atoms with E-state index in [2.05, 4.69) is 4.98 Å². The van der Waals surface area contributed by atoms with E-state index in [-0.39, 0.29) is 0 Å². The zero-order chi connectivity index (χ0) is 13.8. The van der Waals surface area contributed by atoms with Crippen molar-refractivity contribution < 1.29 is 9.53 Å². The summed E-state index contributed by atoms with van der Waals surface area (Å²) in [6.45, 7) is 5.49. The summed E-state index contributed by atoms with van der Waals surface area (Å²) < 4.78 is 5.26. The third kappa shape index (κ3) is 4.53. The lowest BCUT2D eigenvalue weighted by Gasteiger charge is -2.24. The minimum atomic E-state index is -0.510. The second kappa shape index (κ2) is 6.05. The van der Waals surface area contributed by atoms with Gasteiger partial charge in [-0.25, -0.2) is 9.78 Å². The maximum atomic E-state index is 11.8. The van der Waals surface area contributed by atoms with Gasteiger partial charge in [-0.1, -0.05) is 6.07 Å². The number of hydrogen-bond acceptors (Lipinski definition) is 3. The predicted octanol–water partition coefficient (Wildman–Crippen LogP) is 3.23. The van der Waals surface area contributed by atoms with E-state index in [0.29, 0.717) is 11.7 Å². The summed E-state index contributed by atoms with van der Waals surface area (Å²) in [6.07, 6.45) is 2.07. The van der Waals surface area contributed by atoms with Gasteiger partial charge in [0.25, 0.3) is 0 Å². The molecule has 0 saturated carbocycles. The molecule has 1 aromatic heterocycles. The maximum absolute atomic E-state index is 11.8. The minimum Gasteiger partial charge on any atom is -0.443 e. The van der Waals surface area contributed by atoms with Gasteiger partial charge < -0.3 is 4.74 Å². The Morgan fingerprint density at radius 2 is 2.11 bits per heavy atom. The lowest BCUT2D eigenvalue weighted by molar-refractivity contribution is 0.0588. The molecule has 0 atom stereocenters. The van der Waals surface area contributed by atoms with Gasteiger partial charge in [-0.15, -0.1) is 11.6 Å². The molecule has 0 unspecified atom stereocenters. The fourth-order valence-electron chi connectivity index (χ4n) is 1.30. The summed E-state index contributed by atoms with van der Waals surface area (Å²) in [5.41, 5.74) is 0.538. The lowest BCUT2D eigenvalue weighted by Crippen LogP contribution is -2.34. The Labute approximate surface area is 113 Å². The first-order valence-corrected chi connectivity index (χ1v) is 6.34. The highest BCUT2D eigenvalue weighted by molar-refractivity contribution is 6.17. The number of amides is 1. The molecule has 0 aliphatic carbocycles. The van der Waals surface area contributed by atoms with Crippen LogP contribution in [0.3, 0.4) is 0 Å². The number of ether oxygens (including phenoxy) is 1. The quantitative estimate of drug-likeness (QED) is 0.792. The van der Waals surface area contributed by atoms with Crippen LogP contribution in [0.1, 0.15) is 26.3 Å². The first kappa shape index (κ1) is 14.8. The van der Waals surface area contributed by atoms with Gasteiger partial charge in [-0.05, 0) is 38.8 Å². The van der Waals surface area contributed by atoms with Gasteiger partial charge >= 0.3 is 6.09 Å². The number of aromatic nitrogens is 1. The summed E-state index contributed by atoms with van der Waals surface area (Å²) in [7, 11) is 1.64. The number of carbonyl (C=O) groups is 1. The van der Waals surface area contributed by atoms with Gasteiger partial charge in [0.2, 0.25) is 0 Å². The van der Waals surface area contributed by atoms with E-state index in [1.807, 2.05) is 26.8 Å². The van der Waals surface area contributed by atoms with Crippen LogP contribution in [0.25, 0.3) is 0 Å². The van der Waals surface area contributed by atoms with E-state index in [4.69, 9.17) is 16.3 Å². The Bertz CT molecular complexity index is 398. The molecule has 1 amide bonds. The van der Waals surface area contributed by atoms with Gasteiger partial charge in [-0.3, -0.25) is 4.90 Å². The highest BCUT2D eigenvalue weighted by atomic mass is 35.5. The van der Waals surface area contributed by atoms with Crippen molar-refractivity contribution in [2.45, 2.75) is 32.8 Å². The lowest BCUT2D eigenvalue weighted by atomic mass is 10.2. The number of alkyl halides is 1. The number of hydrogen-bond donors (Lipinski definition) is 0. The third-order valence-corrected chi connectivity index (χ3v) is 2.39. The van der Waals surface area contributed by atoms with Crippen molar-refractivity contribution in [3.8, 4) is 0 Å². The van der Waals surface area contributed by atoms with Gasteiger partial charge in [0, 0.05) is 19.1 Å². The number of aryl methyl sites for hydroxylation is 1. The Balaban J connectivity index is 2.71. The monoisotopic (exact) mass is 270 g/mol. The molecule has 1 aromatic rings. The highest BCUT2D eigenvalue weighted by Gasteiger charge is 2.20. The number of anilines is 1. The van der Waals surface area contributed by atoms with Crippen molar-refractivity contribution in [3.63, 3.8) is 0 Å². The number of halogens is 1. The van der Waals surface area contributed by atoms with E-state index < -0.39 is 11.7 Å². The highest BCUT2D eigenvalue weighted by Crippen LogP contribution is 2.15. The summed E-state index contributed by atoms with van der Waals surface area (Å²) in [4.78, 5) is 17.4. The van der Waals surface area contributed by atoms with E-state index in [1.165, 1.54) is 4.90 Å². The smallest absolute Gasteiger partial charge is 0.415 e. The van der Waals surface area contributed by atoms with E-state index in [0.717, 1.165) is 12.0 Å². The minimum absolute atomic E-state index is 0.417. The van der Waals surface area contributed by atoms with Crippen LogP contribution in [0.5, 0.6) is 0 Å². The van der Waals surface area contributed by atoms with Crippen LogP contribution in [0, 0.1) is 0 Å². The van der Waals surface area contributed by atoms with Crippen LogP contribution in [-0.4, -0.2) is 29.6 Å². The van der Waals surface area contributed by atoms with E-state index >= 15 is 0 Å². The molecule has 18 heavy (non-hydrogen) atoms. The van der Waals surface area contributed by atoms with Crippen LogP contribution in [0.15, 0.2) is 18.3 Å².